The number of carbonyl (C=O) groups is 1. The van der Waals surface area contributed by atoms with Gasteiger partial charge in [-0.05, 0) is 43.5 Å². The second-order valence-corrected chi connectivity index (χ2v) is 6.86. The number of aryl methyl sites for hydroxylation is 2. The highest BCUT2D eigenvalue weighted by molar-refractivity contribution is 6.03. The van der Waals surface area contributed by atoms with Crippen molar-refractivity contribution in [2.24, 2.45) is 5.73 Å². The van der Waals surface area contributed by atoms with Gasteiger partial charge in [-0.1, -0.05) is 30.3 Å². The van der Waals surface area contributed by atoms with Crippen molar-refractivity contribution in [3.63, 3.8) is 0 Å². The number of carbonyl (C=O) groups excluding carboxylic acids is 1. The van der Waals surface area contributed by atoms with Crippen molar-refractivity contribution in [3.8, 4) is 5.75 Å². The van der Waals surface area contributed by atoms with E-state index in [1.165, 1.54) is 0 Å². The van der Waals surface area contributed by atoms with Crippen molar-refractivity contribution >= 4 is 16.7 Å². The fourth-order valence-electron chi connectivity index (χ4n) is 3.12. The number of ether oxygens (including phenoxy) is 1. The number of amides is 1. The van der Waals surface area contributed by atoms with Gasteiger partial charge in [-0.15, -0.1) is 0 Å². The van der Waals surface area contributed by atoms with Crippen LogP contribution in [0.4, 0.5) is 0 Å². The number of aliphatic hydroxyl groups excluding tert-OH is 1. The zero-order valence-corrected chi connectivity index (χ0v) is 16.1. The molecule has 28 heavy (non-hydrogen) atoms. The Hall–Kier alpha value is -3.19. The third-order valence-corrected chi connectivity index (χ3v) is 4.78. The molecule has 7 heteroatoms. The maximum atomic E-state index is 12.7. The summed E-state index contributed by atoms with van der Waals surface area (Å²) >= 11 is 0. The van der Waals surface area contributed by atoms with Crippen LogP contribution in [0.25, 0.3) is 10.8 Å². The first-order chi connectivity index (χ1) is 13.3. The first-order valence-corrected chi connectivity index (χ1v) is 8.97. The zero-order chi connectivity index (χ0) is 20.4. The smallest absolute Gasteiger partial charge is 0.274 e. The molecular formula is C21H23N3O4. The fourth-order valence-corrected chi connectivity index (χ4v) is 3.12. The molecule has 0 spiro atoms. The van der Waals surface area contributed by atoms with Gasteiger partial charge in [-0.25, -0.2) is 4.68 Å². The van der Waals surface area contributed by atoms with Gasteiger partial charge < -0.3 is 15.6 Å². The summed E-state index contributed by atoms with van der Waals surface area (Å²) in [6, 6.07) is 10.6. The third-order valence-electron chi connectivity index (χ3n) is 4.78. The van der Waals surface area contributed by atoms with Crippen LogP contribution in [0.2, 0.25) is 0 Å². The lowest BCUT2D eigenvalue weighted by atomic mass is 10.1. The third kappa shape index (κ3) is 3.75. The molecule has 3 aromatic rings. The second kappa shape index (κ2) is 7.82. The molecular weight excluding hydrogens is 358 g/mol. The molecule has 0 aliphatic carbocycles. The minimum atomic E-state index is -0.994. The molecule has 3 rings (SSSR count). The number of fused-ring (bicyclic) bond motifs is 1. The molecule has 0 unspecified atom stereocenters. The Bertz CT molecular complexity index is 1100. The minimum Gasteiger partial charge on any atom is -0.490 e. The van der Waals surface area contributed by atoms with Gasteiger partial charge in [0, 0.05) is 5.39 Å². The van der Waals surface area contributed by atoms with E-state index in [9.17, 15) is 14.7 Å². The lowest BCUT2D eigenvalue weighted by Gasteiger charge is -2.17. The lowest BCUT2D eigenvalue weighted by Crippen LogP contribution is -2.34. The predicted molar refractivity (Wildman–Crippen MR) is 107 cm³/mol. The van der Waals surface area contributed by atoms with Crippen LogP contribution in [0.1, 0.15) is 27.2 Å². The number of rotatable bonds is 6. The van der Waals surface area contributed by atoms with E-state index in [1.54, 1.807) is 24.3 Å². The first kappa shape index (κ1) is 19.6. The molecule has 2 aromatic carbocycles. The Morgan fingerprint density at radius 1 is 1.14 bits per heavy atom. The molecule has 3 N–H and O–H groups in total. The number of benzene rings is 2. The average Bonchev–Trinajstić information content (AvgIpc) is 2.67. The van der Waals surface area contributed by atoms with E-state index < -0.39 is 17.6 Å². The monoisotopic (exact) mass is 381 g/mol. The Morgan fingerprint density at radius 2 is 1.79 bits per heavy atom. The maximum absolute atomic E-state index is 12.7. The highest BCUT2D eigenvalue weighted by atomic mass is 16.5. The molecule has 7 nitrogen and oxygen atoms in total. The van der Waals surface area contributed by atoms with E-state index in [0.29, 0.717) is 10.8 Å². The molecule has 0 aliphatic rings. The van der Waals surface area contributed by atoms with Gasteiger partial charge >= 0.3 is 0 Å². The van der Waals surface area contributed by atoms with Crippen LogP contribution in [-0.4, -0.2) is 33.5 Å². The van der Waals surface area contributed by atoms with E-state index in [2.05, 4.69) is 5.10 Å². The van der Waals surface area contributed by atoms with Crippen molar-refractivity contribution in [2.75, 3.05) is 6.61 Å². The van der Waals surface area contributed by atoms with Gasteiger partial charge in [0.15, 0.2) is 5.69 Å². The normalized spacial score (nSPS) is 12.1. The predicted octanol–water partition coefficient (Wildman–Crippen LogP) is 1.86. The topological polar surface area (TPSA) is 107 Å². The number of hydrogen-bond donors (Lipinski definition) is 2. The molecule has 1 aromatic heterocycles. The van der Waals surface area contributed by atoms with E-state index in [0.717, 1.165) is 27.1 Å². The molecule has 1 heterocycles. The van der Waals surface area contributed by atoms with Gasteiger partial charge in [0.25, 0.3) is 11.5 Å². The van der Waals surface area contributed by atoms with Crippen LogP contribution < -0.4 is 16.0 Å². The van der Waals surface area contributed by atoms with E-state index in [1.807, 2.05) is 32.9 Å². The van der Waals surface area contributed by atoms with Gasteiger partial charge in [0.1, 0.15) is 18.5 Å². The molecule has 0 fully saturated rings. The number of nitrogens with two attached hydrogens (primary N) is 1. The summed E-state index contributed by atoms with van der Waals surface area (Å²) in [7, 11) is 0. The van der Waals surface area contributed by atoms with Crippen molar-refractivity contribution < 1.29 is 14.6 Å². The summed E-state index contributed by atoms with van der Waals surface area (Å²) in [6.45, 7) is 5.75. The van der Waals surface area contributed by atoms with Gasteiger partial charge in [-0.3, -0.25) is 9.59 Å². The van der Waals surface area contributed by atoms with E-state index in [4.69, 9.17) is 10.5 Å². The highest BCUT2D eigenvalue weighted by Crippen LogP contribution is 2.25. The molecule has 0 saturated carbocycles. The van der Waals surface area contributed by atoms with Crippen molar-refractivity contribution in [2.45, 2.75) is 33.4 Å². The Balaban J connectivity index is 1.85. The van der Waals surface area contributed by atoms with Crippen LogP contribution in [0.15, 0.2) is 41.2 Å². The number of aliphatic hydroxyl groups is 1. The summed E-state index contributed by atoms with van der Waals surface area (Å²) in [5.41, 5.74) is 8.06. The Morgan fingerprint density at radius 3 is 2.46 bits per heavy atom. The maximum Gasteiger partial charge on any atom is 0.274 e. The lowest BCUT2D eigenvalue weighted by molar-refractivity contribution is 0.0865. The van der Waals surface area contributed by atoms with Crippen LogP contribution in [-0.2, 0) is 6.54 Å². The van der Waals surface area contributed by atoms with Crippen LogP contribution >= 0.6 is 0 Å². The quantitative estimate of drug-likeness (QED) is 0.678. The van der Waals surface area contributed by atoms with Crippen LogP contribution in [0.5, 0.6) is 5.75 Å². The van der Waals surface area contributed by atoms with Crippen molar-refractivity contribution in [1.29, 1.82) is 0 Å². The molecule has 146 valence electrons. The summed E-state index contributed by atoms with van der Waals surface area (Å²) < 4.78 is 6.86. The SMILES string of the molecule is Cc1ccc(C)c(OC[C@H](O)Cn2nc(C(N)=O)c3ccccc3c2=O)c1C. The highest BCUT2D eigenvalue weighted by Gasteiger charge is 2.17. The summed E-state index contributed by atoms with van der Waals surface area (Å²) in [6.07, 6.45) is -0.994. The number of hydrogen-bond acceptors (Lipinski definition) is 5. The molecule has 1 atom stereocenters. The second-order valence-electron chi connectivity index (χ2n) is 6.86. The molecule has 0 aliphatic heterocycles. The minimum absolute atomic E-state index is 0.00584. The molecule has 0 saturated heterocycles. The van der Waals surface area contributed by atoms with Crippen LogP contribution in [0, 0.1) is 20.8 Å². The number of primary amides is 1. The summed E-state index contributed by atoms with van der Waals surface area (Å²) in [5.74, 6) is -0.0163. The standard InChI is InChI=1S/C21H23N3O4/c1-12-8-9-13(2)19(14(12)3)28-11-15(25)10-24-21(27)17-7-5-4-6-16(17)18(23-24)20(22)26/h4-9,15,25H,10-11H2,1-3H3,(H2,22,26)/t15-/m1/s1. The Kier molecular flexibility index (Phi) is 5.46. The number of nitrogens with zero attached hydrogens (tertiary/aromatic N) is 2. The Labute approximate surface area is 162 Å². The summed E-state index contributed by atoms with van der Waals surface area (Å²) in [4.78, 5) is 24.4. The zero-order valence-electron chi connectivity index (χ0n) is 16.1. The fraction of sp³-hybridized carbons (Fsp3) is 0.286. The van der Waals surface area contributed by atoms with Crippen molar-refractivity contribution in [3.05, 3.63) is 69.1 Å². The van der Waals surface area contributed by atoms with Gasteiger partial charge in [-0.2, -0.15) is 5.10 Å². The molecule has 0 bridgehead atoms. The molecule has 0 radical (unpaired) electrons. The molecule has 1 amide bonds. The van der Waals surface area contributed by atoms with Crippen molar-refractivity contribution in [1.82, 2.24) is 9.78 Å². The largest absolute Gasteiger partial charge is 0.490 e. The van der Waals surface area contributed by atoms with Gasteiger partial charge in [0.2, 0.25) is 0 Å². The first-order valence-electron chi connectivity index (χ1n) is 8.97. The average molecular weight is 381 g/mol. The van der Waals surface area contributed by atoms with Gasteiger partial charge in [0.05, 0.1) is 11.9 Å². The van der Waals surface area contributed by atoms with E-state index >= 15 is 0 Å². The summed E-state index contributed by atoms with van der Waals surface area (Å²) in [5, 5.41) is 15.2. The number of aromatic nitrogens is 2. The van der Waals surface area contributed by atoms with E-state index in [-0.39, 0.29) is 18.8 Å². The van der Waals surface area contributed by atoms with Crippen LogP contribution in [0.3, 0.4) is 0 Å².